The summed E-state index contributed by atoms with van der Waals surface area (Å²) in [5.74, 6) is 1.14. The van der Waals surface area contributed by atoms with Gasteiger partial charge in [-0.05, 0) is 79.0 Å². The van der Waals surface area contributed by atoms with E-state index in [1.165, 1.54) is 20.3 Å². The average Bonchev–Trinajstić information content (AvgIpc) is 2.16. The Labute approximate surface area is 99.0 Å². The number of hydrogen-bond donors (Lipinski definition) is 0. The lowest BCUT2D eigenvalue weighted by Crippen LogP contribution is -2.20. The first-order chi connectivity index (χ1) is 6.59. The van der Waals surface area contributed by atoms with Gasteiger partial charge in [-0.25, -0.2) is 0 Å². The third-order valence-corrected chi connectivity index (χ3v) is 4.11. The Morgan fingerprint density at radius 2 is 2.07 bits per heavy atom. The van der Waals surface area contributed by atoms with Crippen LogP contribution in [-0.2, 0) is 6.42 Å². The van der Waals surface area contributed by atoms with Gasteiger partial charge in [0.1, 0.15) is 5.75 Å². The summed E-state index contributed by atoms with van der Waals surface area (Å²) in [4.78, 5) is 0. The number of fused-ring (bicyclic) bond motifs is 1. The van der Waals surface area contributed by atoms with Crippen molar-refractivity contribution in [3.63, 3.8) is 0 Å². The van der Waals surface area contributed by atoms with Crippen LogP contribution in [0.5, 0.6) is 5.75 Å². The maximum Gasteiger partial charge on any atom is 0.126 e. The van der Waals surface area contributed by atoms with Crippen molar-refractivity contribution in [3.8, 4) is 5.75 Å². The van der Waals surface area contributed by atoms with E-state index in [0.717, 1.165) is 18.6 Å². The molecule has 0 aliphatic carbocycles. The van der Waals surface area contributed by atoms with Crippen molar-refractivity contribution in [1.29, 1.82) is 0 Å². The average molecular weight is 302 g/mol. The van der Waals surface area contributed by atoms with E-state index >= 15 is 0 Å². The van der Waals surface area contributed by atoms with Gasteiger partial charge < -0.3 is 4.74 Å². The Kier molecular flexibility index (Phi) is 2.73. The van der Waals surface area contributed by atoms with E-state index in [-0.39, 0.29) is 0 Å². The van der Waals surface area contributed by atoms with E-state index in [1.807, 2.05) is 0 Å². The third-order valence-electron chi connectivity index (χ3n) is 2.99. The molecule has 1 aliphatic rings. The van der Waals surface area contributed by atoms with Gasteiger partial charge in [-0.3, -0.25) is 0 Å². The second kappa shape index (κ2) is 3.72. The molecule has 1 heterocycles. The molecule has 1 unspecified atom stereocenters. The number of hydrogen-bond acceptors (Lipinski definition) is 1. The second-order valence-electron chi connectivity index (χ2n) is 4.06. The minimum absolute atomic E-state index is 0.376. The molecule has 1 nitrogen and oxygen atoms in total. The highest BCUT2D eigenvalue weighted by atomic mass is 127. The summed E-state index contributed by atoms with van der Waals surface area (Å²) in [7, 11) is 0. The van der Waals surface area contributed by atoms with E-state index in [9.17, 15) is 0 Å². The minimum Gasteiger partial charge on any atom is -0.490 e. The summed E-state index contributed by atoms with van der Waals surface area (Å²) in [6.07, 6.45) is 2.68. The Morgan fingerprint density at radius 1 is 1.36 bits per heavy atom. The molecule has 14 heavy (non-hydrogen) atoms. The highest BCUT2D eigenvalue weighted by molar-refractivity contribution is 14.1. The van der Waals surface area contributed by atoms with E-state index in [0.29, 0.717) is 6.10 Å². The van der Waals surface area contributed by atoms with E-state index in [4.69, 9.17) is 4.74 Å². The van der Waals surface area contributed by atoms with Gasteiger partial charge in [-0.1, -0.05) is 0 Å². The van der Waals surface area contributed by atoms with Crippen molar-refractivity contribution < 1.29 is 4.74 Å². The van der Waals surface area contributed by atoms with Crippen molar-refractivity contribution >= 4 is 22.6 Å². The molecule has 0 amide bonds. The Morgan fingerprint density at radius 3 is 2.79 bits per heavy atom. The topological polar surface area (TPSA) is 9.23 Å². The molecule has 0 saturated heterocycles. The molecule has 0 saturated carbocycles. The van der Waals surface area contributed by atoms with Crippen LogP contribution in [0, 0.1) is 17.4 Å². The molecular weight excluding hydrogens is 287 g/mol. The van der Waals surface area contributed by atoms with Crippen LogP contribution in [0.1, 0.15) is 30.0 Å². The fourth-order valence-electron chi connectivity index (χ4n) is 1.89. The maximum atomic E-state index is 5.90. The van der Waals surface area contributed by atoms with Gasteiger partial charge in [0, 0.05) is 3.57 Å². The number of aryl methyl sites for hydroxylation is 1. The molecule has 0 bridgehead atoms. The van der Waals surface area contributed by atoms with Crippen LogP contribution in [0.2, 0.25) is 0 Å². The highest BCUT2D eigenvalue weighted by Crippen LogP contribution is 2.35. The molecule has 76 valence electrons. The SMILES string of the molecule is Cc1c(I)cc2c(c1C)OC(C)CC2. The van der Waals surface area contributed by atoms with Crippen LogP contribution in [0.4, 0.5) is 0 Å². The first kappa shape index (κ1) is 10.3. The fourth-order valence-corrected chi connectivity index (χ4v) is 2.67. The molecule has 2 heteroatoms. The molecule has 1 aliphatic heterocycles. The molecule has 2 rings (SSSR count). The summed E-state index contributed by atoms with van der Waals surface area (Å²) in [5.41, 5.74) is 4.06. The molecule has 1 aromatic carbocycles. The Bertz CT molecular complexity index is 371. The zero-order valence-electron chi connectivity index (χ0n) is 8.86. The summed E-state index contributed by atoms with van der Waals surface area (Å²) >= 11 is 2.41. The van der Waals surface area contributed by atoms with Crippen molar-refractivity contribution in [2.75, 3.05) is 0 Å². The van der Waals surface area contributed by atoms with E-state index in [1.54, 1.807) is 0 Å². The lowest BCUT2D eigenvalue weighted by molar-refractivity contribution is 0.191. The fraction of sp³-hybridized carbons (Fsp3) is 0.500. The number of ether oxygens (including phenoxy) is 1. The van der Waals surface area contributed by atoms with Gasteiger partial charge >= 0.3 is 0 Å². The van der Waals surface area contributed by atoms with Gasteiger partial charge in [0.15, 0.2) is 0 Å². The Hall–Kier alpha value is -0.250. The molecule has 0 radical (unpaired) electrons. The summed E-state index contributed by atoms with van der Waals surface area (Å²) < 4.78 is 7.25. The van der Waals surface area contributed by atoms with Gasteiger partial charge in [0.05, 0.1) is 6.10 Å². The van der Waals surface area contributed by atoms with Crippen molar-refractivity contribution in [1.82, 2.24) is 0 Å². The summed E-state index contributed by atoms with van der Waals surface area (Å²) in [5, 5.41) is 0. The molecular formula is C12H15IO. The predicted molar refractivity (Wildman–Crippen MR) is 67.0 cm³/mol. The molecule has 0 fully saturated rings. The minimum atomic E-state index is 0.376. The molecule has 0 aromatic heterocycles. The molecule has 0 N–H and O–H groups in total. The van der Waals surface area contributed by atoms with E-state index < -0.39 is 0 Å². The number of rotatable bonds is 0. The van der Waals surface area contributed by atoms with Crippen molar-refractivity contribution in [2.24, 2.45) is 0 Å². The van der Waals surface area contributed by atoms with Crippen molar-refractivity contribution in [2.45, 2.75) is 39.7 Å². The first-order valence-electron chi connectivity index (χ1n) is 5.05. The van der Waals surface area contributed by atoms with Crippen LogP contribution in [-0.4, -0.2) is 6.10 Å². The number of benzene rings is 1. The lowest BCUT2D eigenvalue weighted by atomic mass is 9.97. The van der Waals surface area contributed by atoms with Gasteiger partial charge in [-0.2, -0.15) is 0 Å². The van der Waals surface area contributed by atoms with Crippen LogP contribution >= 0.6 is 22.6 Å². The third kappa shape index (κ3) is 1.64. The van der Waals surface area contributed by atoms with Crippen molar-refractivity contribution in [3.05, 3.63) is 26.3 Å². The molecule has 0 spiro atoms. The normalized spacial score (nSPS) is 20.1. The van der Waals surface area contributed by atoms with Crippen LogP contribution in [0.15, 0.2) is 6.07 Å². The van der Waals surface area contributed by atoms with Gasteiger partial charge in [0.25, 0.3) is 0 Å². The summed E-state index contributed by atoms with van der Waals surface area (Å²) in [6.45, 7) is 6.48. The maximum absolute atomic E-state index is 5.90. The highest BCUT2D eigenvalue weighted by Gasteiger charge is 2.19. The predicted octanol–water partition coefficient (Wildman–Crippen LogP) is 3.62. The number of halogens is 1. The molecule has 1 atom stereocenters. The monoisotopic (exact) mass is 302 g/mol. The Balaban J connectivity index is 2.55. The standard InChI is InChI=1S/C12H15IO/c1-7-4-5-10-6-11(13)8(2)9(3)12(10)14-7/h6-7H,4-5H2,1-3H3. The zero-order valence-corrected chi connectivity index (χ0v) is 11.0. The second-order valence-corrected chi connectivity index (χ2v) is 5.23. The van der Waals surface area contributed by atoms with Crippen LogP contribution in [0.25, 0.3) is 0 Å². The first-order valence-corrected chi connectivity index (χ1v) is 6.12. The van der Waals surface area contributed by atoms with Gasteiger partial charge in [0.2, 0.25) is 0 Å². The largest absolute Gasteiger partial charge is 0.490 e. The van der Waals surface area contributed by atoms with E-state index in [2.05, 4.69) is 49.4 Å². The quantitative estimate of drug-likeness (QED) is 0.665. The zero-order chi connectivity index (χ0) is 10.3. The summed E-state index contributed by atoms with van der Waals surface area (Å²) in [6, 6.07) is 2.27. The van der Waals surface area contributed by atoms with Crippen LogP contribution < -0.4 is 4.74 Å². The van der Waals surface area contributed by atoms with Crippen LogP contribution in [0.3, 0.4) is 0 Å². The smallest absolute Gasteiger partial charge is 0.126 e. The van der Waals surface area contributed by atoms with Gasteiger partial charge in [-0.15, -0.1) is 0 Å². The molecule has 1 aromatic rings. The lowest BCUT2D eigenvalue weighted by Gasteiger charge is -2.26.